The summed E-state index contributed by atoms with van der Waals surface area (Å²) in [5.74, 6) is 0.841. The van der Waals surface area contributed by atoms with Crippen LogP contribution >= 0.6 is 0 Å². The first-order valence-corrected chi connectivity index (χ1v) is 6.67. The summed E-state index contributed by atoms with van der Waals surface area (Å²) in [5.41, 5.74) is 6.46. The lowest BCUT2D eigenvalue weighted by Crippen LogP contribution is -2.59. The molecule has 0 radical (unpaired) electrons. The fourth-order valence-electron chi connectivity index (χ4n) is 3.73. The molecule has 0 aromatic carbocycles. The van der Waals surface area contributed by atoms with Gasteiger partial charge in [-0.05, 0) is 38.6 Å². The molecule has 2 saturated carbocycles. The van der Waals surface area contributed by atoms with E-state index in [2.05, 4.69) is 18.9 Å². The largest absolute Gasteiger partial charge is 0.329 e. The zero-order valence-corrected chi connectivity index (χ0v) is 10.3. The maximum absolute atomic E-state index is 6.11. The molecule has 2 heteroatoms. The Balaban J connectivity index is 2.11. The van der Waals surface area contributed by atoms with Gasteiger partial charge in [0.25, 0.3) is 0 Å². The summed E-state index contributed by atoms with van der Waals surface area (Å²) in [6, 6.07) is 0.834. The standard InChI is InChI=1S/C13H26N2/c1-3-11-6-5-9-13(11,10-14)15(2)12-7-4-8-12/h11-12H,3-10,14H2,1-2H3. The lowest BCUT2D eigenvalue weighted by atomic mass is 9.79. The fraction of sp³-hybridized carbons (Fsp3) is 1.00. The SMILES string of the molecule is CCC1CCCC1(CN)N(C)C1CCC1. The van der Waals surface area contributed by atoms with Gasteiger partial charge in [0.05, 0.1) is 0 Å². The molecule has 88 valence electrons. The second kappa shape index (κ2) is 4.42. The van der Waals surface area contributed by atoms with Crippen molar-refractivity contribution in [3.63, 3.8) is 0 Å². The Morgan fingerprint density at radius 1 is 1.27 bits per heavy atom. The van der Waals surface area contributed by atoms with Gasteiger partial charge in [0.15, 0.2) is 0 Å². The molecule has 0 heterocycles. The molecule has 0 saturated heterocycles. The van der Waals surface area contributed by atoms with Gasteiger partial charge in [-0.15, -0.1) is 0 Å². The third-order valence-electron chi connectivity index (χ3n) is 5.09. The van der Waals surface area contributed by atoms with Crippen molar-refractivity contribution in [1.29, 1.82) is 0 Å². The number of hydrogen-bond donors (Lipinski definition) is 1. The average Bonchev–Trinajstić information content (AvgIpc) is 2.58. The van der Waals surface area contributed by atoms with Crippen LogP contribution in [-0.2, 0) is 0 Å². The third-order valence-corrected chi connectivity index (χ3v) is 5.09. The molecule has 2 aliphatic rings. The third kappa shape index (κ3) is 1.72. The molecule has 2 rings (SSSR count). The zero-order chi connectivity index (χ0) is 10.9. The minimum Gasteiger partial charge on any atom is -0.329 e. The van der Waals surface area contributed by atoms with Crippen molar-refractivity contribution in [2.75, 3.05) is 13.6 Å². The summed E-state index contributed by atoms with van der Waals surface area (Å²) in [6.07, 6.45) is 9.62. The molecule has 2 unspecified atom stereocenters. The van der Waals surface area contributed by atoms with Crippen molar-refractivity contribution in [3.05, 3.63) is 0 Å². The predicted octanol–water partition coefficient (Wildman–Crippen LogP) is 2.38. The summed E-state index contributed by atoms with van der Waals surface area (Å²) < 4.78 is 0. The number of rotatable bonds is 4. The Morgan fingerprint density at radius 2 is 2.00 bits per heavy atom. The molecule has 0 bridgehead atoms. The smallest absolute Gasteiger partial charge is 0.0359 e. The van der Waals surface area contributed by atoms with Gasteiger partial charge >= 0.3 is 0 Å². The van der Waals surface area contributed by atoms with E-state index in [-0.39, 0.29) is 0 Å². The average molecular weight is 210 g/mol. The van der Waals surface area contributed by atoms with E-state index < -0.39 is 0 Å². The molecule has 0 amide bonds. The second-order valence-corrected chi connectivity index (χ2v) is 5.50. The first-order valence-electron chi connectivity index (χ1n) is 6.67. The Bertz CT molecular complexity index is 213. The summed E-state index contributed by atoms with van der Waals surface area (Å²) >= 11 is 0. The van der Waals surface area contributed by atoms with E-state index in [4.69, 9.17) is 5.73 Å². The summed E-state index contributed by atoms with van der Waals surface area (Å²) in [4.78, 5) is 2.65. The van der Waals surface area contributed by atoms with Crippen LogP contribution in [0.2, 0.25) is 0 Å². The molecular weight excluding hydrogens is 184 g/mol. The topological polar surface area (TPSA) is 29.3 Å². The molecule has 2 nitrogen and oxygen atoms in total. The van der Waals surface area contributed by atoms with Gasteiger partial charge in [0, 0.05) is 18.1 Å². The Hall–Kier alpha value is -0.0800. The van der Waals surface area contributed by atoms with E-state index in [1.165, 1.54) is 44.9 Å². The Labute approximate surface area is 94.2 Å². The van der Waals surface area contributed by atoms with Gasteiger partial charge in [-0.3, -0.25) is 4.90 Å². The van der Waals surface area contributed by atoms with Crippen LogP contribution in [0.3, 0.4) is 0 Å². The van der Waals surface area contributed by atoms with Crippen molar-refractivity contribution in [3.8, 4) is 0 Å². The Morgan fingerprint density at radius 3 is 2.47 bits per heavy atom. The Kier molecular flexibility index (Phi) is 3.36. The summed E-state index contributed by atoms with van der Waals surface area (Å²) in [7, 11) is 2.32. The van der Waals surface area contributed by atoms with Crippen LogP contribution in [0.25, 0.3) is 0 Å². The number of nitrogens with zero attached hydrogens (tertiary/aromatic N) is 1. The minimum absolute atomic E-state index is 0.347. The maximum Gasteiger partial charge on any atom is 0.0359 e. The predicted molar refractivity (Wildman–Crippen MR) is 64.8 cm³/mol. The van der Waals surface area contributed by atoms with Gasteiger partial charge in [-0.2, -0.15) is 0 Å². The van der Waals surface area contributed by atoms with Crippen LogP contribution in [0, 0.1) is 5.92 Å². The van der Waals surface area contributed by atoms with Gasteiger partial charge in [0.1, 0.15) is 0 Å². The monoisotopic (exact) mass is 210 g/mol. The van der Waals surface area contributed by atoms with Crippen molar-refractivity contribution < 1.29 is 0 Å². The van der Waals surface area contributed by atoms with Crippen molar-refractivity contribution in [1.82, 2.24) is 4.90 Å². The molecule has 2 fully saturated rings. The maximum atomic E-state index is 6.11. The normalized spacial score (nSPS) is 37.2. The van der Waals surface area contributed by atoms with Crippen molar-refractivity contribution in [2.24, 2.45) is 11.7 Å². The van der Waals surface area contributed by atoms with Crippen molar-refractivity contribution in [2.45, 2.75) is 63.5 Å². The molecule has 0 aromatic rings. The highest BCUT2D eigenvalue weighted by Crippen LogP contribution is 2.44. The van der Waals surface area contributed by atoms with E-state index in [0.29, 0.717) is 5.54 Å². The summed E-state index contributed by atoms with van der Waals surface area (Å²) in [5, 5.41) is 0. The van der Waals surface area contributed by atoms with Gasteiger partial charge in [-0.25, -0.2) is 0 Å². The van der Waals surface area contributed by atoms with Crippen LogP contribution in [0.4, 0.5) is 0 Å². The molecule has 0 spiro atoms. The highest BCUT2D eigenvalue weighted by atomic mass is 15.2. The van der Waals surface area contributed by atoms with E-state index in [9.17, 15) is 0 Å². The lowest BCUT2D eigenvalue weighted by Gasteiger charge is -2.49. The fourth-order valence-corrected chi connectivity index (χ4v) is 3.73. The quantitative estimate of drug-likeness (QED) is 0.772. The highest BCUT2D eigenvalue weighted by Gasteiger charge is 2.46. The molecule has 0 aromatic heterocycles. The van der Waals surface area contributed by atoms with Crippen LogP contribution in [-0.4, -0.2) is 30.1 Å². The second-order valence-electron chi connectivity index (χ2n) is 5.50. The lowest BCUT2D eigenvalue weighted by molar-refractivity contribution is 0.0107. The number of nitrogens with two attached hydrogens (primary N) is 1. The van der Waals surface area contributed by atoms with Crippen LogP contribution in [0.15, 0.2) is 0 Å². The molecular formula is C13H26N2. The van der Waals surface area contributed by atoms with Gasteiger partial charge in [-0.1, -0.05) is 26.2 Å². The van der Waals surface area contributed by atoms with Gasteiger partial charge in [0.2, 0.25) is 0 Å². The number of hydrogen-bond acceptors (Lipinski definition) is 2. The van der Waals surface area contributed by atoms with E-state index in [0.717, 1.165) is 18.5 Å². The summed E-state index contributed by atoms with van der Waals surface area (Å²) in [6.45, 7) is 3.19. The first kappa shape index (κ1) is 11.4. The molecule has 15 heavy (non-hydrogen) atoms. The zero-order valence-electron chi connectivity index (χ0n) is 10.3. The molecule has 2 aliphatic carbocycles. The van der Waals surface area contributed by atoms with E-state index in [1.807, 2.05) is 0 Å². The molecule has 2 N–H and O–H groups in total. The van der Waals surface area contributed by atoms with Crippen LogP contribution < -0.4 is 5.73 Å². The van der Waals surface area contributed by atoms with E-state index >= 15 is 0 Å². The molecule has 2 atom stereocenters. The van der Waals surface area contributed by atoms with Gasteiger partial charge < -0.3 is 5.73 Å². The van der Waals surface area contributed by atoms with Crippen molar-refractivity contribution >= 4 is 0 Å². The van der Waals surface area contributed by atoms with Crippen LogP contribution in [0.5, 0.6) is 0 Å². The van der Waals surface area contributed by atoms with Crippen LogP contribution in [0.1, 0.15) is 51.9 Å². The highest BCUT2D eigenvalue weighted by molar-refractivity contribution is 5.03. The first-order chi connectivity index (χ1) is 7.24. The number of likely N-dealkylation sites (N-methyl/N-ethyl adjacent to an activating group) is 1. The van der Waals surface area contributed by atoms with E-state index in [1.54, 1.807) is 0 Å². The minimum atomic E-state index is 0.347. The molecule has 0 aliphatic heterocycles.